The van der Waals surface area contributed by atoms with Gasteiger partial charge in [0.2, 0.25) is 0 Å². The first-order valence-corrected chi connectivity index (χ1v) is 9.05. The summed E-state index contributed by atoms with van der Waals surface area (Å²) >= 11 is 0. The number of esters is 1. The van der Waals surface area contributed by atoms with Crippen molar-refractivity contribution < 1.29 is 32.2 Å². The molecule has 4 rings (SSSR count). The summed E-state index contributed by atoms with van der Waals surface area (Å²) in [6.45, 7) is 0.384. The van der Waals surface area contributed by atoms with Gasteiger partial charge in [-0.3, -0.25) is 4.79 Å². The maximum Gasteiger partial charge on any atom is 0.416 e. The third-order valence-corrected chi connectivity index (χ3v) is 5.28. The number of methoxy groups -OCH3 is 1. The van der Waals surface area contributed by atoms with Crippen LogP contribution in [0.2, 0.25) is 0 Å². The third kappa shape index (κ3) is 3.53. The Labute approximate surface area is 160 Å². The Morgan fingerprint density at radius 3 is 2.75 bits per heavy atom. The molecule has 2 aromatic rings. The number of ether oxygens (including phenoxy) is 3. The van der Waals surface area contributed by atoms with Crippen molar-refractivity contribution in [3.63, 3.8) is 0 Å². The van der Waals surface area contributed by atoms with Gasteiger partial charge >= 0.3 is 12.1 Å². The number of halogens is 3. The van der Waals surface area contributed by atoms with Crippen LogP contribution in [0, 0.1) is 0 Å². The zero-order valence-electron chi connectivity index (χ0n) is 15.2. The first-order chi connectivity index (χ1) is 13.3. The van der Waals surface area contributed by atoms with E-state index < -0.39 is 17.8 Å². The Bertz CT molecular complexity index is 907. The summed E-state index contributed by atoms with van der Waals surface area (Å²) in [5.74, 6) is 0.796. The van der Waals surface area contributed by atoms with E-state index in [4.69, 9.17) is 14.2 Å². The smallest absolute Gasteiger partial charge is 0.416 e. The predicted octanol–water partition coefficient (Wildman–Crippen LogP) is 4.81. The molecule has 0 saturated heterocycles. The summed E-state index contributed by atoms with van der Waals surface area (Å²) in [5.41, 5.74) is 1.71. The van der Waals surface area contributed by atoms with E-state index in [2.05, 4.69) is 0 Å². The van der Waals surface area contributed by atoms with Crippen LogP contribution in [0.5, 0.6) is 11.5 Å². The number of fused-ring (bicyclic) bond motifs is 2. The van der Waals surface area contributed by atoms with Crippen molar-refractivity contribution in [2.24, 2.45) is 0 Å². The molecule has 0 amide bonds. The minimum absolute atomic E-state index is 0.0712. The molecule has 7 heteroatoms. The maximum atomic E-state index is 13.0. The fourth-order valence-corrected chi connectivity index (χ4v) is 3.81. The van der Waals surface area contributed by atoms with Crippen molar-refractivity contribution in [2.45, 2.75) is 37.5 Å². The number of rotatable bonds is 4. The van der Waals surface area contributed by atoms with Gasteiger partial charge in [0.05, 0.1) is 25.7 Å². The van der Waals surface area contributed by atoms with Crippen LogP contribution in [0.1, 0.15) is 47.1 Å². The maximum absolute atomic E-state index is 13.0. The molecule has 0 fully saturated rings. The van der Waals surface area contributed by atoms with Gasteiger partial charge in [-0.05, 0) is 42.2 Å². The van der Waals surface area contributed by atoms with Crippen molar-refractivity contribution in [1.82, 2.24) is 0 Å². The van der Waals surface area contributed by atoms with Crippen molar-refractivity contribution >= 4 is 5.97 Å². The second-order valence-electron chi connectivity index (χ2n) is 7.04. The first-order valence-electron chi connectivity index (χ1n) is 9.05. The molecule has 0 N–H and O–H groups in total. The summed E-state index contributed by atoms with van der Waals surface area (Å²) in [6, 6.07) is 9.18. The van der Waals surface area contributed by atoms with E-state index in [1.54, 1.807) is 12.1 Å². The fraction of sp³-hybridized carbons (Fsp3) is 0.381. The molecule has 0 saturated carbocycles. The molecule has 0 aromatic heterocycles. The van der Waals surface area contributed by atoms with Gasteiger partial charge in [0.15, 0.2) is 0 Å². The van der Waals surface area contributed by atoms with Crippen molar-refractivity contribution in [3.8, 4) is 11.5 Å². The van der Waals surface area contributed by atoms with Crippen molar-refractivity contribution in [2.75, 3.05) is 13.7 Å². The number of benzene rings is 2. The van der Waals surface area contributed by atoms with Gasteiger partial charge in [-0.1, -0.05) is 12.1 Å². The van der Waals surface area contributed by atoms with Gasteiger partial charge < -0.3 is 14.2 Å². The minimum atomic E-state index is -4.38. The Balaban J connectivity index is 1.52. The summed E-state index contributed by atoms with van der Waals surface area (Å²) in [6.07, 6.45) is -3.26. The van der Waals surface area contributed by atoms with Gasteiger partial charge in [0.25, 0.3) is 0 Å². The SMILES string of the molecule is COC(=O)C[C@@H]1COc2cc(OC3CCc4ccc(C(F)(F)F)cc43)ccc21. The van der Waals surface area contributed by atoms with Crippen LogP contribution in [-0.4, -0.2) is 19.7 Å². The second-order valence-corrected chi connectivity index (χ2v) is 7.04. The van der Waals surface area contributed by atoms with Gasteiger partial charge in [0.1, 0.15) is 17.6 Å². The topological polar surface area (TPSA) is 44.8 Å². The number of alkyl halides is 3. The van der Waals surface area contributed by atoms with E-state index in [9.17, 15) is 18.0 Å². The van der Waals surface area contributed by atoms with Gasteiger partial charge in [-0.25, -0.2) is 0 Å². The number of carbonyl (C=O) groups excluding carboxylic acids is 1. The van der Waals surface area contributed by atoms with E-state index >= 15 is 0 Å². The molecule has 2 aromatic carbocycles. The molecular weight excluding hydrogens is 373 g/mol. The molecule has 1 aliphatic heterocycles. The highest BCUT2D eigenvalue weighted by atomic mass is 19.4. The first kappa shape index (κ1) is 18.7. The molecule has 1 aliphatic carbocycles. The van der Waals surface area contributed by atoms with Crippen LogP contribution in [-0.2, 0) is 22.1 Å². The monoisotopic (exact) mass is 392 g/mol. The fourth-order valence-electron chi connectivity index (χ4n) is 3.81. The largest absolute Gasteiger partial charge is 0.492 e. The van der Waals surface area contributed by atoms with Gasteiger partial charge in [-0.15, -0.1) is 0 Å². The average Bonchev–Trinajstić information content (AvgIpc) is 3.25. The van der Waals surface area contributed by atoms with Crippen LogP contribution < -0.4 is 9.47 Å². The molecule has 1 unspecified atom stereocenters. The quantitative estimate of drug-likeness (QED) is 0.701. The molecule has 1 heterocycles. The van der Waals surface area contributed by atoms with E-state index in [1.807, 2.05) is 6.07 Å². The molecule has 28 heavy (non-hydrogen) atoms. The molecule has 2 atom stereocenters. The van der Waals surface area contributed by atoms with Gasteiger partial charge in [-0.2, -0.15) is 13.2 Å². The van der Waals surface area contributed by atoms with E-state index in [-0.39, 0.29) is 18.3 Å². The van der Waals surface area contributed by atoms with Crippen LogP contribution in [0.25, 0.3) is 0 Å². The Morgan fingerprint density at radius 1 is 1.18 bits per heavy atom. The van der Waals surface area contributed by atoms with Gasteiger partial charge in [0, 0.05) is 17.5 Å². The minimum Gasteiger partial charge on any atom is -0.492 e. The molecule has 148 valence electrons. The summed E-state index contributed by atoms with van der Waals surface area (Å²) in [7, 11) is 1.35. The number of carbonyl (C=O) groups is 1. The Hall–Kier alpha value is -2.70. The van der Waals surface area contributed by atoms with Crippen molar-refractivity contribution in [3.05, 3.63) is 58.7 Å². The molecule has 4 nitrogen and oxygen atoms in total. The number of aryl methyl sites for hydroxylation is 1. The lowest BCUT2D eigenvalue weighted by molar-refractivity contribution is -0.141. The predicted molar refractivity (Wildman–Crippen MR) is 94.4 cm³/mol. The van der Waals surface area contributed by atoms with Crippen LogP contribution in [0.3, 0.4) is 0 Å². The lowest BCUT2D eigenvalue weighted by Gasteiger charge is -2.17. The Morgan fingerprint density at radius 2 is 2.00 bits per heavy atom. The summed E-state index contributed by atoms with van der Waals surface area (Å²) in [5, 5.41) is 0. The highest BCUT2D eigenvalue weighted by Crippen LogP contribution is 2.42. The van der Waals surface area contributed by atoms with Crippen LogP contribution in [0.15, 0.2) is 36.4 Å². The highest BCUT2D eigenvalue weighted by molar-refractivity contribution is 5.71. The standard InChI is InChI=1S/C21H19F3O4/c1-26-20(25)8-13-11-27-19-10-15(5-6-16(13)19)28-18-7-3-12-2-4-14(9-17(12)18)21(22,23)24/h2,4-6,9-10,13,18H,3,7-8,11H2,1H3/t13-,18?/m1/s1. The molecule has 2 aliphatic rings. The molecule has 0 radical (unpaired) electrons. The van der Waals surface area contributed by atoms with Crippen molar-refractivity contribution in [1.29, 1.82) is 0 Å². The average molecular weight is 392 g/mol. The summed E-state index contributed by atoms with van der Waals surface area (Å²) < 4.78 is 55.4. The molecular formula is C21H19F3O4. The number of hydrogen-bond donors (Lipinski definition) is 0. The Kier molecular flexibility index (Phi) is 4.69. The van der Waals surface area contributed by atoms with Crippen LogP contribution >= 0.6 is 0 Å². The lowest BCUT2D eigenvalue weighted by atomic mass is 9.98. The van der Waals surface area contributed by atoms with E-state index in [1.165, 1.54) is 19.2 Å². The molecule has 0 spiro atoms. The normalized spacial score (nSPS) is 20.3. The number of hydrogen-bond acceptors (Lipinski definition) is 4. The third-order valence-electron chi connectivity index (χ3n) is 5.28. The van der Waals surface area contributed by atoms with E-state index in [0.717, 1.165) is 17.2 Å². The zero-order valence-corrected chi connectivity index (χ0v) is 15.2. The molecule has 0 bridgehead atoms. The highest BCUT2D eigenvalue weighted by Gasteiger charge is 2.34. The second kappa shape index (κ2) is 7.04. The summed E-state index contributed by atoms with van der Waals surface area (Å²) in [4.78, 5) is 11.5. The van der Waals surface area contributed by atoms with E-state index in [0.29, 0.717) is 36.5 Å². The zero-order chi connectivity index (χ0) is 19.9. The lowest BCUT2D eigenvalue weighted by Crippen LogP contribution is -2.09. The van der Waals surface area contributed by atoms with Crippen LogP contribution in [0.4, 0.5) is 13.2 Å².